The van der Waals surface area contributed by atoms with Crippen LogP contribution in [0.25, 0.3) is 11.4 Å². The predicted molar refractivity (Wildman–Crippen MR) is 128 cm³/mol. The zero-order chi connectivity index (χ0) is 25.5. The first-order valence-electron chi connectivity index (χ1n) is 10.2. The third kappa shape index (κ3) is 11.4. The summed E-state index contributed by atoms with van der Waals surface area (Å²) in [6, 6.07) is 12.1. The monoisotopic (exact) mass is 518 g/mol. The molecule has 1 aliphatic heterocycles. The van der Waals surface area contributed by atoms with Crippen molar-refractivity contribution in [3.8, 4) is 11.4 Å². The summed E-state index contributed by atoms with van der Waals surface area (Å²) in [5, 5.41) is 0. The van der Waals surface area contributed by atoms with E-state index in [4.69, 9.17) is 17.0 Å². The molecule has 0 radical (unpaired) electrons. The third-order valence-corrected chi connectivity index (χ3v) is 4.44. The molecule has 0 fully saturated rings. The molecule has 0 bridgehead atoms. The van der Waals surface area contributed by atoms with E-state index in [1.54, 1.807) is 0 Å². The Bertz CT molecular complexity index is 1110. The van der Waals surface area contributed by atoms with Crippen LogP contribution in [-0.4, -0.2) is 40.5 Å². The molecule has 8 nitrogen and oxygen atoms in total. The predicted octanol–water partition coefficient (Wildman–Crippen LogP) is 4.51. The van der Waals surface area contributed by atoms with E-state index in [9.17, 15) is 0 Å². The van der Waals surface area contributed by atoms with E-state index in [2.05, 4.69) is 59.8 Å². The van der Waals surface area contributed by atoms with Gasteiger partial charge in [0, 0.05) is 25.1 Å². The minimum absolute atomic E-state index is 0.896. The van der Waals surface area contributed by atoms with Crippen LogP contribution in [0.3, 0.4) is 0 Å². The van der Waals surface area contributed by atoms with Gasteiger partial charge in [-0.1, -0.05) is 5.57 Å². The second kappa shape index (κ2) is 16.0. The number of hydrogen-bond donors (Lipinski definition) is 1. The Morgan fingerprint density at radius 1 is 0.824 bits per heavy atom. The Labute approximate surface area is 212 Å². The molecule has 4 heterocycles. The van der Waals surface area contributed by atoms with Gasteiger partial charge in [-0.05, 0) is 93.3 Å². The van der Waals surface area contributed by atoms with Crippen LogP contribution in [-0.2, 0) is 32.4 Å². The summed E-state index contributed by atoms with van der Waals surface area (Å²) in [6.45, 7) is 9.23. The quantitative estimate of drug-likeness (QED) is 0.495. The first-order chi connectivity index (χ1) is 16.2. The van der Waals surface area contributed by atoms with Crippen molar-refractivity contribution in [1.82, 2.24) is 15.0 Å². The molecule has 0 amide bonds. The molecule has 1 atom stereocenters. The van der Waals surface area contributed by atoms with Gasteiger partial charge in [0.05, 0.1) is 34.2 Å². The van der Waals surface area contributed by atoms with Gasteiger partial charge in [0.15, 0.2) is 0 Å². The summed E-state index contributed by atoms with van der Waals surface area (Å²) < 4.78 is 32.3. The molecule has 1 unspecified atom stereocenters. The van der Waals surface area contributed by atoms with Gasteiger partial charge in [0.1, 0.15) is 0 Å². The summed E-state index contributed by atoms with van der Waals surface area (Å²) in [4.78, 5) is 17.4. The molecule has 1 N–H and O–H groups in total. The maximum atomic E-state index is 8.56. The Hall–Kier alpha value is -2.69. The van der Waals surface area contributed by atoms with E-state index in [-0.39, 0.29) is 0 Å². The molecular weight excluding hydrogens is 491 g/mol. The molecule has 0 aromatic carbocycles. The third-order valence-electron chi connectivity index (χ3n) is 4.44. The summed E-state index contributed by atoms with van der Waals surface area (Å²) in [7, 11) is 0. The molecule has 4 rings (SSSR count). The number of pyridine rings is 3. The second-order valence-corrected chi connectivity index (χ2v) is 7.81. The second-order valence-electron chi connectivity index (χ2n) is 7.38. The zero-order valence-corrected chi connectivity index (χ0v) is 21.7. The van der Waals surface area contributed by atoms with E-state index >= 15 is 0 Å². The van der Waals surface area contributed by atoms with E-state index in [0.717, 1.165) is 53.1 Å². The normalized spacial score (nSPS) is 12.7. The topological polar surface area (TPSA) is 128 Å². The van der Waals surface area contributed by atoms with Crippen LogP contribution < -0.4 is 0 Å². The van der Waals surface area contributed by atoms with Gasteiger partial charge in [-0.3, -0.25) is 19.9 Å². The molecule has 34 heavy (non-hydrogen) atoms. The van der Waals surface area contributed by atoms with Crippen LogP contribution in [0.2, 0.25) is 0 Å². The molecule has 1 aliphatic rings. The maximum absolute atomic E-state index is 8.56. The van der Waals surface area contributed by atoms with Gasteiger partial charge in [0.2, 0.25) is 0 Å². The van der Waals surface area contributed by atoms with E-state index in [1.165, 1.54) is 22.3 Å². The molecular formula is C24H27N4O4SV-. The van der Waals surface area contributed by atoms with Crippen molar-refractivity contribution < 1.29 is 34.4 Å². The zero-order valence-electron chi connectivity index (χ0n) is 19.5. The molecule has 0 spiro atoms. The summed E-state index contributed by atoms with van der Waals surface area (Å²) in [5.41, 5.74) is 8.92. The standard InChI is InChI=1S/C12H14N2.C12H12N2.H2O3S.O.V/c2*1-9-3-5-13-11(7-9)12-8-10(2)4-6-14-12;1-4(2)3;;/h3,5,7-8H,4,6H2,1-2H3;3-8H,1-2H3;(H2,1,2,3);;/p-1. The molecule has 0 saturated carbocycles. The number of allylic oxidation sites excluding steroid dienone is 1. The molecule has 0 saturated heterocycles. The van der Waals surface area contributed by atoms with E-state index in [0.29, 0.717) is 0 Å². The first-order valence-corrected chi connectivity index (χ1v) is 11.8. The number of aryl methyl sites for hydroxylation is 3. The molecule has 179 valence electrons. The number of aliphatic imine (C=N–C) groups is 1. The van der Waals surface area contributed by atoms with Crippen LogP contribution in [0.1, 0.15) is 35.7 Å². The number of hydrogen-bond acceptors (Lipinski definition) is 7. The van der Waals surface area contributed by atoms with Crippen molar-refractivity contribution in [2.24, 2.45) is 4.99 Å². The van der Waals surface area contributed by atoms with Crippen LogP contribution in [0, 0.1) is 20.8 Å². The van der Waals surface area contributed by atoms with Crippen LogP contribution in [0.15, 0.2) is 71.6 Å². The number of rotatable bonds is 2. The van der Waals surface area contributed by atoms with Gasteiger partial charge in [-0.25, -0.2) is 4.21 Å². The van der Waals surface area contributed by atoms with Crippen molar-refractivity contribution >= 4 is 17.1 Å². The Morgan fingerprint density at radius 2 is 1.21 bits per heavy atom. The van der Waals surface area contributed by atoms with Crippen molar-refractivity contribution in [2.75, 3.05) is 6.54 Å². The van der Waals surface area contributed by atoms with Gasteiger partial charge < -0.3 is 9.11 Å². The summed E-state index contributed by atoms with van der Waals surface area (Å²) >= 11 is -1.80. The Morgan fingerprint density at radius 3 is 1.59 bits per heavy atom. The molecule has 3 aromatic heterocycles. The minimum atomic E-state index is -2.86. The van der Waals surface area contributed by atoms with Gasteiger partial charge in [-0.15, -0.1) is 0 Å². The van der Waals surface area contributed by atoms with Crippen LogP contribution in [0.5, 0.6) is 0 Å². The van der Waals surface area contributed by atoms with Gasteiger partial charge in [-0.2, -0.15) is 0 Å². The number of nitrogens with zero attached hydrogens (tertiary/aromatic N) is 4. The molecule has 3 aromatic rings. The fraction of sp³-hybridized carbons (Fsp3) is 0.250. The van der Waals surface area contributed by atoms with Crippen molar-refractivity contribution in [3.05, 3.63) is 89.0 Å². The molecule has 0 aliphatic carbocycles. The summed E-state index contributed by atoms with van der Waals surface area (Å²) in [5.74, 6) is 0. The fourth-order valence-corrected chi connectivity index (χ4v) is 2.89. The van der Waals surface area contributed by atoms with Gasteiger partial charge >= 0.3 is 21.0 Å². The average Bonchev–Trinajstić information content (AvgIpc) is 2.81. The fourth-order valence-electron chi connectivity index (χ4n) is 2.89. The Balaban J connectivity index is 0.000000277. The van der Waals surface area contributed by atoms with Crippen LogP contribution in [0.4, 0.5) is 0 Å². The van der Waals surface area contributed by atoms with Crippen molar-refractivity contribution in [2.45, 2.75) is 34.1 Å². The van der Waals surface area contributed by atoms with Crippen molar-refractivity contribution in [3.63, 3.8) is 0 Å². The number of dihydropyridines is 1. The van der Waals surface area contributed by atoms with Crippen LogP contribution >= 0.6 is 0 Å². The van der Waals surface area contributed by atoms with Gasteiger partial charge in [0.25, 0.3) is 0 Å². The molecule has 10 heteroatoms. The average molecular weight is 519 g/mol. The first kappa shape index (κ1) is 29.3. The van der Waals surface area contributed by atoms with E-state index < -0.39 is 11.4 Å². The number of aromatic nitrogens is 3. The SMILES string of the molecule is CC1=CC(c2cc(C)ccn2)=NCC1.Cc1ccnc(-c2cc(C)ccn2)c1.O=S([O-])O.[O]=[V]. The Kier molecular flexibility index (Phi) is 13.8. The summed E-state index contributed by atoms with van der Waals surface area (Å²) in [6.07, 6.45) is 8.68. The van der Waals surface area contributed by atoms with E-state index in [1.807, 2.05) is 48.9 Å². The van der Waals surface area contributed by atoms with Crippen molar-refractivity contribution in [1.29, 1.82) is 0 Å².